The van der Waals surface area contributed by atoms with Crippen molar-refractivity contribution in [1.82, 2.24) is 4.90 Å². The first-order chi connectivity index (χ1) is 10.7. The second kappa shape index (κ2) is 7.31. The van der Waals surface area contributed by atoms with Crippen molar-refractivity contribution in [2.24, 2.45) is 11.8 Å². The largest absolute Gasteiger partial charge is 0.385 e. The summed E-state index contributed by atoms with van der Waals surface area (Å²) in [5, 5.41) is 0. The lowest BCUT2D eigenvalue weighted by molar-refractivity contribution is -0.141. The molecule has 1 spiro atoms. The molecular formula is C18H31NO3. The Bertz CT molecular complexity index is 371. The molecule has 0 N–H and O–H groups in total. The summed E-state index contributed by atoms with van der Waals surface area (Å²) < 4.78 is 11.4. The van der Waals surface area contributed by atoms with E-state index in [0.29, 0.717) is 17.7 Å². The molecule has 0 aromatic rings. The van der Waals surface area contributed by atoms with Crippen LogP contribution in [0.5, 0.6) is 0 Å². The first kappa shape index (κ1) is 16.3. The van der Waals surface area contributed by atoms with Crippen molar-refractivity contribution in [1.29, 1.82) is 0 Å². The molecule has 2 aliphatic heterocycles. The third kappa shape index (κ3) is 3.65. The van der Waals surface area contributed by atoms with Crippen molar-refractivity contribution in [3.63, 3.8) is 0 Å². The molecule has 0 bridgehead atoms. The molecule has 2 heterocycles. The van der Waals surface area contributed by atoms with E-state index in [-0.39, 0.29) is 5.60 Å². The molecule has 22 heavy (non-hydrogen) atoms. The number of nitrogens with zero attached hydrogens (tertiary/aromatic N) is 1. The van der Waals surface area contributed by atoms with Gasteiger partial charge in [0, 0.05) is 32.7 Å². The van der Waals surface area contributed by atoms with E-state index >= 15 is 0 Å². The van der Waals surface area contributed by atoms with Crippen molar-refractivity contribution in [2.75, 3.05) is 33.4 Å². The predicted octanol–water partition coefficient (Wildman–Crippen LogP) is 3.00. The van der Waals surface area contributed by atoms with Gasteiger partial charge in [-0.25, -0.2) is 0 Å². The highest BCUT2D eigenvalue weighted by Gasteiger charge is 2.43. The van der Waals surface area contributed by atoms with E-state index in [1.54, 1.807) is 7.11 Å². The van der Waals surface area contributed by atoms with Gasteiger partial charge in [0.05, 0.1) is 12.2 Å². The Kier molecular flexibility index (Phi) is 5.40. The van der Waals surface area contributed by atoms with Gasteiger partial charge in [0.2, 0.25) is 5.91 Å². The van der Waals surface area contributed by atoms with E-state index in [1.807, 2.05) is 0 Å². The van der Waals surface area contributed by atoms with Crippen LogP contribution in [-0.4, -0.2) is 49.8 Å². The summed E-state index contributed by atoms with van der Waals surface area (Å²) >= 11 is 0. The smallest absolute Gasteiger partial charge is 0.225 e. The van der Waals surface area contributed by atoms with Gasteiger partial charge in [-0.2, -0.15) is 0 Å². The van der Waals surface area contributed by atoms with E-state index < -0.39 is 0 Å². The molecule has 3 rings (SSSR count). The number of hydrogen-bond acceptors (Lipinski definition) is 3. The summed E-state index contributed by atoms with van der Waals surface area (Å²) in [5.41, 5.74) is 0.0573. The van der Waals surface area contributed by atoms with Crippen LogP contribution in [-0.2, 0) is 14.3 Å². The number of carbonyl (C=O) groups excluding carboxylic acids is 1. The average molecular weight is 309 g/mol. The highest BCUT2D eigenvalue weighted by atomic mass is 16.5. The third-order valence-electron chi connectivity index (χ3n) is 5.96. The lowest BCUT2D eigenvalue weighted by atomic mass is 9.83. The van der Waals surface area contributed by atoms with Gasteiger partial charge in [-0.05, 0) is 44.4 Å². The number of methoxy groups -OCH3 is 1. The molecule has 0 aromatic heterocycles. The monoisotopic (exact) mass is 309 g/mol. The molecule has 0 aromatic carbocycles. The Balaban J connectivity index is 1.47. The number of piperidine rings is 1. The molecule has 1 aliphatic carbocycles. The van der Waals surface area contributed by atoms with Crippen LogP contribution < -0.4 is 0 Å². The highest BCUT2D eigenvalue weighted by molar-refractivity contribution is 5.79. The fourth-order valence-corrected chi connectivity index (χ4v) is 4.50. The molecule has 1 amide bonds. The number of hydrogen-bond donors (Lipinski definition) is 0. The molecular weight excluding hydrogens is 278 g/mol. The van der Waals surface area contributed by atoms with Crippen molar-refractivity contribution in [3.8, 4) is 0 Å². The minimum atomic E-state index is 0.0573. The number of likely N-dealkylation sites (tertiary alicyclic amines) is 1. The maximum absolute atomic E-state index is 12.6. The summed E-state index contributed by atoms with van der Waals surface area (Å²) in [4.78, 5) is 14.7. The molecule has 4 heteroatoms. The lowest BCUT2D eigenvalue weighted by Gasteiger charge is -2.40. The van der Waals surface area contributed by atoms with Gasteiger partial charge >= 0.3 is 0 Å². The van der Waals surface area contributed by atoms with Crippen LogP contribution in [0.25, 0.3) is 0 Å². The average Bonchev–Trinajstić information content (AvgIpc) is 2.96. The predicted molar refractivity (Wildman–Crippen MR) is 85.7 cm³/mol. The quantitative estimate of drug-likeness (QED) is 0.801. The van der Waals surface area contributed by atoms with Gasteiger partial charge < -0.3 is 14.4 Å². The van der Waals surface area contributed by atoms with Gasteiger partial charge in [0.1, 0.15) is 0 Å². The van der Waals surface area contributed by atoms with Crippen LogP contribution in [0.2, 0.25) is 0 Å². The van der Waals surface area contributed by atoms with Crippen LogP contribution in [0, 0.1) is 11.8 Å². The Morgan fingerprint density at radius 3 is 2.64 bits per heavy atom. The minimum Gasteiger partial charge on any atom is -0.385 e. The number of amides is 1. The second-order valence-electron chi connectivity index (χ2n) is 7.51. The van der Waals surface area contributed by atoms with E-state index in [2.05, 4.69) is 4.90 Å². The molecule has 126 valence electrons. The fourth-order valence-electron chi connectivity index (χ4n) is 4.50. The van der Waals surface area contributed by atoms with Gasteiger partial charge in [-0.3, -0.25) is 4.79 Å². The molecule has 3 aliphatic rings. The Morgan fingerprint density at radius 1 is 1.23 bits per heavy atom. The summed E-state index contributed by atoms with van der Waals surface area (Å²) in [6.07, 6.45) is 10.3. The van der Waals surface area contributed by atoms with Crippen LogP contribution >= 0.6 is 0 Å². The van der Waals surface area contributed by atoms with Crippen molar-refractivity contribution in [3.05, 3.63) is 0 Å². The zero-order valence-corrected chi connectivity index (χ0v) is 14.0. The van der Waals surface area contributed by atoms with Crippen molar-refractivity contribution in [2.45, 2.75) is 63.4 Å². The summed E-state index contributed by atoms with van der Waals surface area (Å²) in [6, 6.07) is 0. The Hall–Kier alpha value is -0.610. The Morgan fingerprint density at radius 2 is 1.95 bits per heavy atom. The third-order valence-corrected chi connectivity index (χ3v) is 5.96. The fraction of sp³-hybridized carbons (Fsp3) is 0.944. The minimum absolute atomic E-state index is 0.0573. The normalized spacial score (nSPS) is 29.1. The van der Waals surface area contributed by atoms with E-state index in [0.717, 1.165) is 64.8 Å². The van der Waals surface area contributed by atoms with E-state index in [9.17, 15) is 4.79 Å². The van der Waals surface area contributed by atoms with Gasteiger partial charge in [-0.1, -0.05) is 19.3 Å². The van der Waals surface area contributed by atoms with Gasteiger partial charge in [0.25, 0.3) is 0 Å². The number of carbonyl (C=O) groups is 1. The summed E-state index contributed by atoms with van der Waals surface area (Å²) in [5.74, 6) is 1.37. The topological polar surface area (TPSA) is 38.8 Å². The van der Waals surface area contributed by atoms with Crippen LogP contribution in [0.4, 0.5) is 0 Å². The number of rotatable bonds is 4. The maximum Gasteiger partial charge on any atom is 0.225 e. The molecule has 1 saturated carbocycles. The number of ether oxygens (including phenoxy) is 2. The second-order valence-corrected chi connectivity index (χ2v) is 7.51. The maximum atomic E-state index is 12.6. The summed E-state index contributed by atoms with van der Waals surface area (Å²) in [7, 11) is 1.76. The van der Waals surface area contributed by atoms with Crippen LogP contribution in [0.3, 0.4) is 0 Å². The van der Waals surface area contributed by atoms with Crippen molar-refractivity contribution < 1.29 is 14.3 Å². The molecule has 0 unspecified atom stereocenters. The zero-order chi connectivity index (χ0) is 15.4. The highest BCUT2D eigenvalue weighted by Crippen LogP contribution is 2.40. The van der Waals surface area contributed by atoms with E-state index in [1.165, 1.54) is 19.3 Å². The van der Waals surface area contributed by atoms with Crippen LogP contribution in [0.1, 0.15) is 57.8 Å². The standard InChI is InChI=1S/C18H31NO3/c1-21-12-7-15-13-18(22-14-15)8-10-19(11-9-18)17(20)16-5-3-2-4-6-16/h15-16H,2-14H2,1H3/t15-/m1/s1. The first-order valence-corrected chi connectivity index (χ1v) is 9.14. The lowest BCUT2D eigenvalue weighted by Crippen LogP contribution is -2.48. The summed E-state index contributed by atoms with van der Waals surface area (Å²) in [6.45, 7) is 3.50. The molecule has 0 radical (unpaired) electrons. The zero-order valence-electron chi connectivity index (χ0n) is 14.0. The SMILES string of the molecule is COCC[C@H]1COC2(CCN(C(=O)C3CCCCC3)CC2)C1. The van der Waals surface area contributed by atoms with E-state index in [4.69, 9.17) is 9.47 Å². The molecule has 1 atom stereocenters. The molecule has 3 fully saturated rings. The molecule has 4 nitrogen and oxygen atoms in total. The van der Waals surface area contributed by atoms with Crippen molar-refractivity contribution >= 4 is 5.91 Å². The van der Waals surface area contributed by atoms with Gasteiger partial charge in [0.15, 0.2) is 0 Å². The molecule has 2 saturated heterocycles. The Labute approximate surface area is 134 Å². The van der Waals surface area contributed by atoms with Gasteiger partial charge in [-0.15, -0.1) is 0 Å². The van der Waals surface area contributed by atoms with Crippen LogP contribution in [0.15, 0.2) is 0 Å². The first-order valence-electron chi connectivity index (χ1n) is 9.14.